The van der Waals surface area contributed by atoms with Crippen LogP contribution in [0.1, 0.15) is 12.5 Å². The monoisotopic (exact) mass is 459 g/mol. The first kappa shape index (κ1) is 23.9. The average Bonchev–Trinajstić information content (AvgIpc) is 2.82. The minimum atomic E-state index is -4.48. The van der Waals surface area contributed by atoms with Gasteiger partial charge in [-0.25, -0.2) is 4.98 Å². The summed E-state index contributed by atoms with van der Waals surface area (Å²) in [6.07, 6.45) is -2.67. The number of alkyl halides is 3. The third-order valence-corrected chi connectivity index (χ3v) is 4.79. The number of hydrogen-bond acceptors (Lipinski definition) is 5. The number of carbonyl (C=O) groups excluding carboxylic acids is 1. The summed E-state index contributed by atoms with van der Waals surface area (Å²) < 4.78 is 48.2. The van der Waals surface area contributed by atoms with Crippen molar-refractivity contribution in [3.63, 3.8) is 0 Å². The lowest BCUT2D eigenvalue weighted by atomic mass is 10.2. The molecule has 0 radical (unpaired) electrons. The molecule has 9 heteroatoms. The van der Waals surface area contributed by atoms with E-state index < -0.39 is 12.8 Å². The lowest BCUT2D eigenvalue weighted by Crippen LogP contribution is -2.24. The molecule has 0 fully saturated rings. The van der Waals surface area contributed by atoms with Crippen LogP contribution in [0.25, 0.3) is 0 Å². The van der Waals surface area contributed by atoms with Crippen LogP contribution in [0, 0.1) is 0 Å². The largest absolute Gasteiger partial charge is 0.489 e. The topological polar surface area (TPSA) is 54.9 Å². The van der Waals surface area contributed by atoms with Gasteiger partial charge in [0, 0.05) is 25.3 Å². The van der Waals surface area contributed by atoms with Crippen molar-refractivity contribution in [3.05, 3.63) is 72.4 Å². The van der Waals surface area contributed by atoms with Crippen molar-refractivity contribution >= 4 is 23.6 Å². The van der Waals surface area contributed by atoms with Crippen LogP contribution in [-0.4, -0.2) is 37.8 Å². The highest BCUT2D eigenvalue weighted by Crippen LogP contribution is 2.34. The number of anilines is 3. The van der Waals surface area contributed by atoms with Gasteiger partial charge in [-0.15, -0.1) is 0 Å². The fourth-order valence-electron chi connectivity index (χ4n) is 3.07. The van der Waals surface area contributed by atoms with E-state index in [2.05, 4.69) is 4.98 Å². The van der Waals surface area contributed by atoms with E-state index in [1.54, 1.807) is 18.9 Å². The van der Waals surface area contributed by atoms with Gasteiger partial charge in [-0.05, 0) is 36.8 Å². The molecule has 0 aliphatic heterocycles. The van der Waals surface area contributed by atoms with Gasteiger partial charge in [0.05, 0.1) is 11.9 Å². The van der Waals surface area contributed by atoms with Crippen LogP contribution in [0.15, 0.2) is 66.9 Å². The molecule has 6 nitrogen and oxygen atoms in total. The molecule has 0 N–H and O–H groups in total. The van der Waals surface area contributed by atoms with E-state index in [0.29, 0.717) is 36.8 Å². The van der Waals surface area contributed by atoms with Gasteiger partial charge in [0.25, 0.3) is 0 Å². The zero-order valence-electron chi connectivity index (χ0n) is 18.2. The minimum Gasteiger partial charge on any atom is -0.489 e. The maximum atomic E-state index is 12.5. The van der Waals surface area contributed by atoms with E-state index in [9.17, 15) is 18.0 Å². The smallest absolute Gasteiger partial charge is 0.422 e. The molecule has 0 spiro atoms. The summed E-state index contributed by atoms with van der Waals surface area (Å²) in [5.74, 6) is 0.994. The Labute approximate surface area is 190 Å². The summed E-state index contributed by atoms with van der Waals surface area (Å²) in [6.45, 7) is 1.05. The number of carbonyl (C=O) groups is 1. The maximum Gasteiger partial charge on any atom is 0.422 e. The third kappa shape index (κ3) is 6.61. The molecule has 0 aliphatic rings. The van der Waals surface area contributed by atoms with Crippen molar-refractivity contribution in [2.75, 3.05) is 30.0 Å². The number of rotatable bonds is 10. The molecule has 3 rings (SSSR count). The second-order valence-electron chi connectivity index (χ2n) is 7.14. The van der Waals surface area contributed by atoms with Crippen LogP contribution in [0.3, 0.4) is 0 Å². The molecule has 0 aliphatic carbocycles. The second-order valence-corrected chi connectivity index (χ2v) is 7.14. The SMILES string of the molecule is CCN(C=O)c1cc(OCC(F)(F)F)cnc1N(C)c1ccc(OCc2ccccc2)cc1. The fraction of sp³-hybridized carbons (Fsp3) is 0.250. The molecule has 0 saturated heterocycles. The van der Waals surface area contributed by atoms with Gasteiger partial charge in [0.2, 0.25) is 6.41 Å². The Balaban J connectivity index is 1.79. The van der Waals surface area contributed by atoms with Crippen LogP contribution in [0.2, 0.25) is 0 Å². The molecule has 1 amide bonds. The van der Waals surface area contributed by atoms with E-state index in [1.807, 2.05) is 54.6 Å². The normalized spacial score (nSPS) is 11.1. The number of pyridine rings is 1. The predicted octanol–water partition coefficient (Wildman–Crippen LogP) is 5.35. The van der Waals surface area contributed by atoms with E-state index in [4.69, 9.17) is 9.47 Å². The molecule has 0 atom stereocenters. The Bertz CT molecular complexity index is 1040. The molecule has 1 aromatic heterocycles. The molecule has 1 heterocycles. The quantitative estimate of drug-likeness (QED) is 0.383. The van der Waals surface area contributed by atoms with E-state index in [0.717, 1.165) is 11.3 Å². The van der Waals surface area contributed by atoms with Gasteiger partial charge >= 0.3 is 6.18 Å². The first-order valence-electron chi connectivity index (χ1n) is 10.2. The van der Waals surface area contributed by atoms with Gasteiger partial charge in [0.1, 0.15) is 18.1 Å². The Morgan fingerprint density at radius 1 is 1.00 bits per heavy atom. The fourth-order valence-corrected chi connectivity index (χ4v) is 3.07. The number of halogens is 3. The summed E-state index contributed by atoms with van der Waals surface area (Å²) in [5, 5.41) is 0. The molecule has 3 aromatic rings. The highest BCUT2D eigenvalue weighted by atomic mass is 19.4. The summed E-state index contributed by atoms with van der Waals surface area (Å²) >= 11 is 0. The van der Waals surface area contributed by atoms with Crippen molar-refractivity contribution in [2.24, 2.45) is 0 Å². The molecule has 33 heavy (non-hydrogen) atoms. The molecule has 0 saturated carbocycles. The van der Waals surface area contributed by atoms with Crippen LogP contribution >= 0.6 is 0 Å². The molecule has 174 valence electrons. The summed E-state index contributed by atoms with van der Waals surface area (Å²) in [6, 6.07) is 18.4. The number of benzene rings is 2. The van der Waals surface area contributed by atoms with E-state index in [-0.39, 0.29) is 5.75 Å². The van der Waals surface area contributed by atoms with Crippen LogP contribution in [0.5, 0.6) is 11.5 Å². The zero-order valence-corrected chi connectivity index (χ0v) is 18.2. The van der Waals surface area contributed by atoms with Crippen LogP contribution in [-0.2, 0) is 11.4 Å². The lowest BCUT2D eigenvalue weighted by Gasteiger charge is -2.26. The highest BCUT2D eigenvalue weighted by molar-refractivity contribution is 5.84. The number of hydrogen-bond donors (Lipinski definition) is 0. The van der Waals surface area contributed by atoms with Crippen molar-refractivity contribution in [3.8, 4) is 11.5 Å². The Kier molecular flexibility index (Phi) is 7.76. The maximum absolute atomic E-state index is 12.5. The molecular formula is C24H24F3N3O3. The van der Waals surface area contributed by atoms with Crippen molar-refractivity contribution in [2.45, 2.75) is 19.7 Å². The van der Waals surface area contributed by atoms with Crippen molar-refractivity contribution in [1.29, 1.82) is 0 Å². The van der Waals surface area contributed by atoms with Gasteiger partial charge in [-0.1, -0.05) is 30.3 Å². The van der Waals surface area contributed by atoms with Gasteiger partial charge in [-0.2, -0.15) is 13.2 Å². The Hall–Kier alpha value is -3.75. The Morgan fingerprint density at radius 2 is 1.70 bits per heavy atom. The number of amides is 1. The number of aromatic nitrogens is 1. The van der Waals surface area contributed by atoms with Crippen LogP contribution in [0.4, 0.5) is 30.4 Å². The van der Waals surface area contributed by atoms with Gasteiger partial charge < -0.3 is 19.3 Å². The van der Waals surface area contributed by atoms with Crippen molar-refractivity contribution < 1.29 is 27.4 Å². The number of ether oxygens (including phenoxy) is 2. The molecular weight excluding hydrogens is 435 g/mol. The zero-order chi connectivity index (χ0) is 23.8. The third-order valence-electron chi connectivity index (χ3n) is 4.79. The van der Waals surface area contributed by atoms with E-state index >= 15 is 0 Å². The molecule has 0 bridgehead atoms. The van der Waals surface area contributed by atoms with Crippen LogP contribution < -0.4 is 19.3 Å². The van der Waals surface area contributed by atoms with Gasteiger partial charge in [0.15, 0.2) is 12.4 Å². The standard InChI is InChI=1S/C24H24F3N3O3/c1-3-30(17-31)22-13-21(33-16-24(25,26)27)14-28-23(22)29(2)19-9-11-20(12-10-19)32-15-18-7-5-4-6-8-18/h4-14,17H,3,15-16H2,1-2H3. The molecule has 0 unspecified atom stereocenters. The average molecular weight is 459 g/mol. The predicted molar refractivity (Wildman–Crippen MR) is 120 cm³/mol. The van der Waals surface area contributed by atoms with Gasteiger partial charge in [-0.3, -0.25) is 4.79 Å². The Morgan fingerprint density at radius 3 is 2.30 bits per heavy atom. The lowest BCUT2D eigenvalue weighted by molar-refractivity contribution is -0.153. The summed E-state index contributed by atoms with van der Waals surface area (Å²) in [4.78, 5) is 18.9. The first-order chi connectivity index (χ1) is 15.8. The summed E-state index contributed by atoms with van der Waals surface area (Å²) in [5.41, 5.74) is 2.13. The molecule has 2 aromatic carbocycles. The first-order valence-corrected chi connectivity index (χ1v) is 10.2. The number of nitrogens with zero attached hydrogens (tertiary/aromatic N) is 3. The van der Waals surface area contributed by atoms with E-state index in [1.165, 1.54) is 17.2 Å². The summed E-state index contributed by atoms with van der Waals surface area (Å²) in [7, 11) is 1.75. The van der Waals surface area contributed by atoms with Crippen molar-refractivity contribution in [1.82, 2.24) is 4.98 Å². The minimum absolute atomic E-state index is 0.0792. The second kappa shape index (κ2) is 10.7. The highest BCUT2D eigenvalue weighted by Gasteiger charge is 2.29.